The normalized spacial score (nSPS) is 11.1. The maximum absolute atomic E-state index is 2.28. The molecular formula is C29H39BN+. The lowest BCUT2D eigenvalue weighted by Crippen LogP contribution is -2.47. The topological polar surface area (TPSA) is 0 Å². The fraction of sp³-hybridized carbons (Fsp3) is 0.310. The molecule has 0 aliphatic carbocycles. The van der Waals surface area contributed by atoms with E-state index in [1.807, 2.05) is 6.07 Å². The zero-order valence-corrected chi connectivity index (χ0v) is 19.9. The summed E-state index contributed by atoms with van der Waals surface area (Å²) in [5.41, 5.74) is 3.99. The van der Waals surface area contributed by atoms with Crippen molar-refractivity contribution < 1.29 is 4.48 Å². The summed E-state index contributed by atoms with van der Waals surface area (Å²) in [7, 11) is 0. The van der Waals surface area contributed by atoms with Crippen LogP contribution >= 0.6 is 0 Å². The van der Waals surface area contributed by atoms with Gasteiger partial charge in [0.25, 0.3) is 0 Å². The third kappa shape index (κ3) is 7.88. The molecular weight excluding hydrogens is 373 g/mol. The van der Waals surface area contributed by atoms with E-state index in [1.54, 1.807) is 0 Å². The average molecular weight is 412 g/mol. The number of hydrogen-bond acceptors (Lipinski definition) is 0. The first-order valence-corrected chi connectivity index (χ1v) is 11.8. The van der Waals surface area contributed by atoms with Crippen LogP contribution in [0.25, 0.3) is 6.08 Å². The van der Waals surface area contributed by atoms with Gasteiger partial charge in [-0.3, -0.25) is 0 Å². The van der Waals surface area contributed by atoms with E-state index in [0.29, 0.717) is 6.71 Å². The van der Waals surface area contributed by atoms with Crippen molar-refractivity contribution in [3.8, 4) is 0 Å². The summed E-state index contributed by atoms with van der Waals surface area (Å²) in [6.45, 7) is 14.6. The molecule has 0 fully saturated rings. The lowest BCUT2D eigenvalue weighted by atomic mass is 9.39. The first-order valence-electron chi connectivity index (χ1n) is 11.8. The highest BCUT2D eigenvalue weighted by atomic mass is 15.3. The molecule has 0 N–H and O–H groups in total. The smallest absolute Gasteiger partial charge is 0.213 e. The standard InChI is InChI=1S/C21H19B.C8H20N/c1-4-11-19(12-5-1)13-10-18-22(20-14-6-2-7-15-20)21-16-8-3-9-17-21;1-5-9(6-2,7-3)8-4/h1-17H,18H2;5-8H2,1-4H3/q;+1. The summed E-state index contributed by atoms with van der Waals surface area (Å²) in [5, 5.41) is 0. The number of nitrogens with zero attached hydrogens (tertiary/aromatic N) is 1. The predicted molar refractivity (Wildman–Crippen MR) is 141 cm³/mol. The fourth-order valence-corrected chi connectivity index (χ4v) is 4.08. The molecule has 0 radical (unpaired) electrons. The predicted octanol–water partition coefficient (Wildman–Crippen LogP) is 5.89. The van der Waals surface area contributed by atoms with Gasteiger partial charge < -0.3 is 4.48 Å². The van der Waals surface area contributed by atoms with Gasteiger partial charge in [-0.1, -0.05) is 114 Å². The number of benzene rings is 3. The van der Waals surface area contributed by atoms with E-state index in [2.05, 4.69) is 125 Å². The molecule has 31 heavy (non-hydrogen) atoms. The Labute approximate surface area is 191 Å². The molecule has 0 aliphatic heterocycles. The molecule has 162 valence electrons. The highest BCUT2D eigenvalue weighted by Crippen LogP contribution is 2.05. The van der Waals surface area contributed by atoms with Gasteiger partial charge in [0.2, 0.25) is 6.71 Å². The van der Waals surface area contributed by atoms with Gasteiger partial charge in [0, 0.05) is 0 Å². The molecule has 0 atom stereocenters. The van der Waals surface area contributed by atoms with Crippen molar-refractivity contribution in [1.82, 2.24) is 0 Å². The van der Waals surface area contributed by atoms with E-state index in [-0.39, 0.29) is 0 Å². The summed E-state index contributed by atoms with van der Waals surface area (Å²) in [6, 6.07) is 32.0. The lowest BCUT2D eigenvalue weighted by Gasteiger charge is -2.34. The molecule has 0 spiro atoms. The number of rotatable bonds is 9. The average Bonchev–Trinajstić information content (AvgIpc) is 2.86. The maximum atomic E-state index is 2.28. The Morgan fingerprint density at radius 3 is 1.32 bits per heavy atom. The van der Waals surface area contributed by atoms with E-state index in [4.69, 9.17) is 0 Å². The molecule has 0 bridgehead atoms. The van der Waals surface area contributed by atoms with Crippen LogP contribution in [0.2, 0.25) is 6.32 Å². The Balaban J connectivity index is 0.000000323. The fourth-order valence-electron chi connectivity index (χ4n) is 4.08. The molecule has 0 saturated carbocycles. The quantitative estimate of drug-likeness (QED) is 0.304. The molecule has 0 aromatic heterocycles. The molecule has 0 saturated heterocycles. The van der Waals surface area contributed by atoms with Gasteiger partial charge in [-0.05, 0) is 39.6 Å². The Bertz CT molecular complexity index is 798. The van der Waals surface area contributed by atoms with Gasteiger partial charge in [-0.25, -0.2) is 0 Å². The second kappa shape index (κ2) is 13.7. The lowest BCUT2D eigenvalue weighted by molar-refractivity contribution is -0.921. The molecule has 3 aromatic rings. The Kier molecular flexibility index (Phi) is 10.9. The van der Waals surface area contributed by atoms with Crippen molar-refractivity contribution in [2.75, 3.05) is 26.2 Å². The van der Waals surface area contributed by atoms with Crippen LogP contribution < -0.4 is 10.9 Å². The van der Waals surface area contributed by atoms with Gasteiger partial charge >= 0.3 is 0 Å². The van der Waals surface area contributed by atoms with Gasteiger partial charge in [0.05, 0.1) is 26.2 Å². The van der Waals surface area contributed by atoms with Crippen molar-refractivity contribution >= 4 is 23.7 Å². The van der Waals surface area contributed by atoms with Gasteiger partial charge in [0.1, 0.15) is 0 Å². The number of allylic oxidation sites excluding steroid dienone is 1. The number of hydrogen-bond donors (Lipinski definition) is 0. The van der Waals surface area contributed by atoms with Gasteiger partial charge in [0.15, 0.2) is 0 Å². The maximum Gasteiger partial charge on any atom is 0.213 e. The highest BCUT2D eigenvalue weighted by Gasteiger charge is 2.17. The van der Waals surface area contributed by atoms with Gasteiger partial charge in [-0.2, -0.15) is 0 Å². The van der Waals surface area contributed by atoms with Crippen LogP contribution in [0.5, 0.6) is 0 Å². The summed E-state index contributed by atoms with van der Waals surface area (Å²) >= 11 is 0. The minimum Gasteiger partial charge on any atom is -0.325 e. The van der Waals surface area contributed by atoms with Crippen LogP contribution in [0.4, 0.5) is 0 Å². The first kappa shape index (κ1) is 24.7. The second-order valence-electron chi connectivity index (χ2n) is 8.03. The van der Waals surface area contributed by atoms with Crippen molar-refractivity contribution in [1.29, 1.82) is 0 Å². The van der Waals surface area contributed by atoms with Crippen LogP contribution in [-0.4, -0.2) is 37.4 Å². The van der Waals surface area contributed by atoms with Crippen molar-refractivity contribution in [2.24, 2.45) is 0 Å². The molecule has 2 heteroatoms. The summed E-state index contributed by atoms with van der Waals surface area (Å²) in [5.74, 6) is 0. The van der Waals surface area contributed by atoms with Crippen LogP contribution in [0.1, 0.15) is 33.3 Å². The largest absolute Gasteiger partial charge is 0.325 e. The summed E-state index contributed by atoms with van der Waals surface area (Å²) < 4.78 is 1.28. The molecule has 3 rings (SSSR count). The minimum atomic E-state index is 0.405. The van der Waals surface area contributed by atoms with Crippen molar-refractivity contribution in [3.05, 3.63) is 103 Å². The monoisotopic (exact) mass is 412 g/mol. The SMILES string of the molecule is C(=Cc1ccccc1)CB(c1ccccc1)c1ccccc1.CC[N+](CC)(CC)CC. The Hall–Kier alpha value is -2.58. The molecule has 0 aliphatic rings. The van der Waals surface area contributed by atoms with E-state index >= 15 is 0 Å². The molecule has 0 amide bonds. The zero-order valence-electron chi connectivity index (χ0n) is 19.9. The second-order valence-corrected chi connectivity index (χ2v) is 8.03. The van der Waals surface area contributed by atoms with E-state index in [1.165, 1.54) is 47.2 Å². The van der Waals surface area contributed by atoms with Gasteiger partial charge in [-0.15, -0.1) is 0 Å². The van der Waals surface area contributed by atoms with Crippen LogP contribution in [0, 0.1) is 0 Å². The van der Waals surface area contributed by atoms with Crippen LogP contribution in [0.15, 0.2) is 97.1 Å². The molecule has 3 aromatic carbocycles. The third-order valence-corrected chi connectivity index (χ3v) is 6.57. The van der Waals surface area contributed by atoms with Crippen LogP contribution in [0.3, 0.4) is 0 Å². The first-order chi connectivity index (χ1) is 15.2. The minimum absolute atomic E-state index is 0.405. The molecule has 1 nitrogen and oxygen atoms in total. The van der Waals surface area contributed by atoms with Crippen molar-refractivity contribution in [3.63, 3.8) is 0 Å². The van der Waals surface area contributed by atoms with E-state index in [0.717, 1.165) is 6.32 Å². The Morgan fingerprint density at radius 2 is 0.968 bits per heavy atom. The molecule has 0 unspecified atom stereocenters. The zero-order chi connectivity index (χ0) is 22.4. The van der Waals surface area contributed by atoms with E-state index < -0.39 is 0 Å². The Morgan fingerprint density at radius 1 is 0.581 bits per heavy atom. The highest BCUT2D eigenvalue weighted by molar-refractivity contribution is 6.85. The third-order valence-electron chi connectivity index (χ3n) is 6.57. The van der Waals surface area contributed by atoms with E-state index in [9.17, 15) is 0 Å². The molecule has 0 heterocycles. The summed E-state index contributed by atoms with van der Waals surface area (Å²) in [6.07, 6.45) is 5.49. The summed E-state index contributed by atoms with van der Waals surface area (Å²) in [4.78, 5) is 0. The van der Waals surface area contributed by atoms with Crippen molar-refractivity contribution in [2.45, 2.75) is 34.0 Å². The number of quaternary nitrogens is 1. The van der Waals surface area contributed by atoms with Crippen LogP contribution in [-0.2, 0) is 0 Å².